The van der Waals surface area contributed by atoms with Crippen molar-refractivity contribution in [3.63, 3.8) is 0 Å². The minimum atomic E-state index is -0.740. The van der Waals surface area contributed by atoms with Gasteiger partial charge in [-0.15, -0.1) is 0 Å². The second-order valence-corrected chi connectivity index (χ2v) is 20.4. The van der Waals surface area contributed by atoms with E-state index in [9.17, 15) is 19.5 Å². The van der Waals surface area contributed by atoms with Gasteiger partial charge < -0.3 is 9.84 Å². The van der Waals surface area contributed by atoms with Gasteiger partial charge in [-0.3, -0.25) is 14.4 Å². The number of unbranched alkanes of at least 4 members (excludes halogenated alkanes) is 8. The van der Waals surface area contributed by atoms with Gasteiger partial charge in [-0.05, 0) is 143 Å². The fraction of sp³-hybridized carbons (Fsp3) is 0.812. The highest BCUT2D eigenvalue weighted by Crippen LogP contribution is 2.75. The van der Waals surface area contributed by atoms with E-state index in [4.69, 9.17) is 4.74 Å². The predicted molar refractivity (Wildman–Crippen MR) is 216 cm³/mol. The summed E-state index contributed by atoms with van der Waals surface area (Å²) in [5, 5.41) is 10.2. The lowest BCUT2D eigenvalue weighted by molar-refractivity contribution is -0.211. The Hall–Kier alpha value is -2.17. The van der Waals surface area contributed by atoms with E-state index in [-0.39, 0.29) is 62.7 Å². The SMILES string of the molecule is CCCCCC=CCC=CCCCCCCCC(=O)O[C@H]1CC[C@@]2(C)C(CC[C@]3(C)[C@@H]2C(=O)C=C2[C@H]4C[C@@](C)(C(=O)O)CC[C@]4(C)CC[C@]23C)C1(C)C. The maximum Gasteiger partial charge on any atom is 0.309 e. The zero-order valence-electron chi connectivity index (χ0n) is 35.1. The van der Waals surface area contributed by atoms with E-state index in [1.807, 2.05) is 13.0 Å². The number of hydrogen-bond acceptors (Lipinski definition) is 4. The van der Waals surface area contributed by atoms with Gasteiger partial charge >= 0.3 is 11.9 Å². The van der Waals surface area contributed by atoms with Crippen LogP contribution in [0.4, 0.5) is 0 Å². The minimum Gasteiger partial charge on any atom is -0.481 e. The first-order chi connectivity index (χ1) is 25.0. The van der Waals surface area contributed by atoms with E-state index in [1.54, 1.807) is 0 Å². The van der Waals surface area contributed by atoms with Crippen molar-refractivity contribution in [2.45, 2.75) is 196 Å². The van der Waals surface area contributed by atoms with E-state index in [1.165, 1.54) is 44.1 Å². The summed E-state index contributed by atoms with van der Waals surface area (Å²) >= 11 is 0. The summed E-state index contributed by atoms with van der Waals surface area (Å²) in [7, 11) is 0. The van der Waals surface area contributed by atoms with Crippen LogP contribution in [-0.2, 0) is 19.1 Å². The molecule has 0 aromatic rings. The number of ether oxygens (including phenoxy) is 1. The molecule has 1 N–H and O–H groups in total. The summed E-state index contributed by atoms with van der Waals surface area (Å²) in [6, 6.07) is 0. The van der Waals surface area contributed by atoms with E-state index in [2.05, 4.69) is 72.8 Å². The summed E-state index contributed by atoms with van der Waals surface area (Å²) in [5.74, 6) is -0.141. The largest absolute Gasteiger partial charge is 0.481 e. The van der Waals surface area contributed by atoms with Crippen molar-refractivity contribution in [2.24, 2.45) is 50.2 Å². The zero-order chi connectivity index (χ0) is 38.7. The molecule has 0 saturated heterocycles. The Kier molecular flexibility index (Phi) is 13.1. The molecule has 0 radical (unpaired) electrons. The average molecular weight is 733 g/mol. The lowest BCUT2D eigenvalue weighted by Gasteiger charge is -2.70. The van der Waals surface area contributed by atoms with Gasteiger partial charge in [-0.1, -0.05) is 110 Å². The summed E-state index contributed by atoms with van der Waals surface area (Å²) in [4.78, 5) is 40.3. The van der Waals surface area contributed by atoms with Gasteiger partial charge in [0, 0.05) is 17.8 Å². The summed E-state index contributed by atoms with van der Waals surface area (Å²) in [6.45, 7) is 18.4. The number of carboxylic acid groups (broad SMARTS) is 1. The fourth-order valence-electron chi connectivity index (χ4n) is 12.9. The number of esters is 1. The average Bonchev–Trinajstić information content (AvgIpc) is 3.09. The van der Waals surface area contributed by atoms with Gasteiger partial charge in [0.25, 0.3) is 0 Å². The predicted octanol–water partition coefficient (Wildman–Crippen LogP) is 12.8. The van der Waals surface area contributed by atoms with E-state index >= 15 is 0 Å². The molecule has 0 spiro atoms. The topological polar surface area (TPSA) is 80.7 Å². The van der Waals surface area contributed by atoms with Gasteiger partial charge in [0.2, 0.25) is 0 Å². The Balaban J connectivity index is 1.14. The molecule has 5 heteroatoms. The number of allylic oxidation sites excluding steroid dienone is 6. The number of fused-ring (bicyclic) bond motifs is 7. The third-order valence-electron chi connectivity index (χ3n) is 16.6. The molecule has 9 atom stereocenters. The third kappa shape index (κ3) is 8.07. The number of hydrogen-bond donors (Lipinski definition) is 1. The molecule has 0 bridgehead atoms. The molecule has 5 rings (SSSR count). The van der Waals surface area contributed by atoms with Crippen LogP contribution in [0.5, 0.6) is 0 Å². The zero-order valence-corrected chi connectivity index (χ0v) is 35.1. The summed E-state index contributed by atoms with van der Waals surface area (Å²) in [5.41, 5.74) is -0.129. The highest BCUT2D eigenvalue weighted by atomic mass is 16.5. The second-order valence-electron chi connectivity index (χ2n) is 20.4. The molecule has 1 unspecified atom stereocenters. The second kappa shape index (κ2) is 16.5. The Morgan fingerprint density at radius 2 is 1.43 bits per heavy atom. The molecule has 5 nitrogen and oxygen atoms in total. The van der Waals surface area contributed by atoms with Crippen molar-refractivity contribution >= 4 is 17.7 Å². The Labute approximate surface area is 323 Å². The molecule has 0 aromatic carbocycles. The highest BCUT2D eigenvalue weighted by molar-refractivity contribution is 5.95. The molecule has 298 valence electrons. The minimum absolute atomic E-state index is 0.0526. The lowest BCUT2D eigenvalue weighted by Crippen LogP contribution is -2.66. The number of ketones is 1. The van der Waals surface area contributed by atoms with Crippen molar-refractivity contribution in [1.29, 1.82) is 0 Å². The van der Waals surface area contributed by atoms with Crippen LogP contribution in [0.15, 0.2) is 36.0 Å². The van der Waals surface area contributed by atoms with E-state index in [0.717, 1.165) is 77.0 Å². The van der Waals surface area contributed by atoms with Crippen LogP contribution in [0.1, 0.15) is 190 Å². The van der Waals surface area contributed by atoms with Crippen molar-refractivity contribution in [2.75, 3.05) is 0 Å². The van der Waals surface area contributed by atoms with Crippen LogP contribution in [0.3, 0.4) is 0 Å². The van der Waals surface area contributed by atoms with E-state index < -0.39 is 11.4 Å². The third-order valence-corrected chi connectivity index (χ3v) is 16.6. The van der Waals surface area contributed by atoms with Crippen LogP contribution in [0.25, 0.3) is 0 Å². The summed E-state index contributed by atoms with van der Waals surface area (Å²) < 4.78 is 6.32. The first kappa shape index (κ1) is 42.0. The molecule has 0 aliphatic heterocycles. The van der Waals surface area contributed by atoms with Crippen LogP contribution in [0.2, 0.25) is 0 Å². The number of carbonyl (C=O) groups is 3. The normalized spacial score (nSPS) is 39.2. The van der Waals surface area contributed by atoms with E-state index in [0.29, 0.717) is 19.3 Å². The van der Waals surface area contributed by atoms with Crippen molar-refractivity contribution in [3.05, 3.63) is 36.0 Å². The smallest absolute Gasteiger partial charge is 0.309 e. The van der Waals surface area contributed by atoms with Crippen molar-refractivity contribution < 1.29 is 24.2 Å². The number of aliphatic carboxylic acids is 1. The molecule has 0 aromatic heterocycles. The first-order valence-electron chi connectivity index (χ1n) is 22.0. The standard InChI is InChI=1S/C48H76O5/c1-9-10-11-12-13-14-15-16-17-18-19-20-21-22-23-24-40(50)53-39-26-27-46(6)38(43(39,2)3)25-28-48(8)41(46)37(49)33-35-36-34-45(5,42(51)52)30-29-44(36,4)31-32-47(35,48)7/h13-14,16-17,33,36,38-39,41H,9-12,15,18-32,34H2,1-8H3,(H,51,52)/t36-,38?,39+,41-,44-,45+,46+,47-,48-/m1/s1. The van der Waals surface area contributed by atoms with Gasteiger partial charge in [-0.25, -0.2) is 0 Å². The van der Waals surface area contributed by atoms with Crippen molar-refractivity contribution in [1.82, 2.24) is 0 Å². The fourth-order valence-corrected chi connectivity index (χ4v) is 12.9. The van der Waals surface area contributed by atoms with Gasteiger partial charge in [0.15, 0.2) is 5.78 Å². The Morgan fingerprint density at radius 3 is 2.11 bits per heavy atom. The maximum absolute atomic E-state index is 14.7. The quantitative estimate of drug-likeness (QED) is 0.0971. The molecule has 4 saturated carbocycles. The molecule has 5 aliphatic rings. The van der Waals surface area contributed by atoms with Crippen LogP contribution in [-0.4, -0.2) is 28.9 Å². The number of carboxylic acids is 1. The van der Waals surface area contributed by atoms with Gasteiger partial charge in [0.1, 0.15) is 6.10 Å². The van der Waals surface area contributed by atoms with Crippen LogP contribution < -0.4 is 0 Å². The Bertz CT molecular complexity index is 1420. The monoisotopic (exact) mass is 733 g/mol. The molecule has 5 aliphatic carbocycles. The number of carbonyl (C=O) groups excluding carboxylic acids is 2. The highest BCUT2D eigenvalue weighted by Gasteiger charge is 2.70. The van der Waals surface area contributed by atoms with Gasteiger partial charge in [-0.2, -0.15) is 0 Å². The van der Waals surface area contributed by atoms with Crippen molar-refractivity contribution in [3.8, 4) is 0 Å². The Morgan fingerprint density at radius 1 is 0.792 bits per heavy atom. The molecule has 0 heterocycles. The van der Waals surface area contributed by atoms with Crippen LogP contribution in [0, 0.1) is 50.2 Å². The number of rotatable bonds is 16. The maximum atomic E-state index is 14.7. The molecule has 53 heavy (non-hydrogen) atoms. The first-order valence-corrected chi connectivity index (χ1v) is 22.0. The van der Waals surface area contributed by atoms with Crippen LogP contribution >= 0.6 is 0 Å². The molecular weight excluding hydrogens is 657 g/mol. The molecular formula is C48H76O5. The molecule has 0 amide bonds. The molecule has 4 fully saturated rings. The lowest BCUT2D eigenvalue weighted by atomic mass is 9.33. The summed E-state index contributed by atoms with van der Waals surface area (Å²) in [6.07, 6.45) is 32.6. The van der Waals surface area contributed by atoms with Gasteiger partial charge in [0.05, 0.1) is 5.41 Å².